The number of phenolic OH excluding ortho intramolecular Hbond substituents is 2. The fourth-order valence-electron chi connectivity index (χ4n) is 5.00. The number of benzene rings is 1. The van der Waals surface area contributed by atoms with Gasteiger partial charge in [0.15, 0.2) is 0 Å². The number of aryl methyl sites for hydroxylation is 1. The predicted molar refractivity (Wildman–Crippen MR) is 150 cm³/mol. The Morgan fingerprint density at radius 3 is 1.00 bits per heavy atom. The van der Waals surface area contributed by atoms with Crippen molar-refractivity contribution in [1.82, 2.24) is 0 Å². The minimum atomic E-state index is 0.212. The zero-order chi connectivity index (χ0) is 24.7. The lowest BCUT2D eigenvalue weighted by Crippen LogP contribution is -1.88. The molecule has 0 aromatic heterocycles. The standard InChI is InChI=1S/C32H58O2/c1-3-4-5-6-7-8-9-10-11-12-13-14-15-16-17-18-19-20-21-22-23-24-25-26-30-27-31(33)29(2)32(34)28-30/h27-28,33-34H,3-26H2,1-2H3. The van der Waals surface area contributed by atoms with Gasteiger partial charge in [-0.25, -0.2) is 0 Å². The van der Waals surface area contributed by atoms with Gasteiger partial charge in [-0.3, -0.25) is 0 Å². The SMILES string of the molecule is CCCCCCCCCCCCCCCCCCCCCCCCCc1cc(O)c(C)c(O)c1. The summed E-state index contributed by atoms with van der Waals surface area (Å²) in [6.45, 7) is 4.04. The van der Waals surface area contributed by atoms with Gasteiger partial charge in [0.25, 0.3) is 0 Å². The fourth-order valence-corrected chi connectivity index (χ4v) is 5.00. The summed E-state index contributed by atoms with van der Waals surface area (Å²) in [5, 5.41) is 19.6. The first-order valence-electron chi connectivity index (χ1n) is 15.2. The molecule has 0 saturated carbocycles. The zero-order valence-electron chi connectivity index (χ0n) is 23.0. The monoisotopic (exact) mass is 474 g/mol. The first-order valence-corrected chi connectivity index (χ1v) is 15.2. The van der Waals surface area contributed by atoms with Crippen molar-refractivity contribution in [2.75, 3.05) is 0 Å². The molecule has 1 aromatic rings. The van der Waals surface area contributed by atoms with Crippen LogP contribution in [0.4, 0.5) is 0 Å². The van der Waals surface area contributed by atoms with E-state index in [2.05, 4.69) is 6.92 Å². The third kappa shape index (κ3) is 17.3. The molecule has 0 radical (unpaired) electrons. The van der Waals surface area contributed by atoms with Crippen molar-refractivity contribution in [2.24, 2.45) is 0 Å². The van der Waals surface area contributed by atoms with Crippen molar-refractivity contribution in [3.05, 3.63) is 23.3 Å². The maximum atomic E-state index is 9.80. The van der Waals surface area contributed by atoms with Gasteiger partial charge in [-0.1, -0.05) is 148 Å². The quantitative estimate of drug-likeness (QED) is 0.146. The zero-order valence-corrected chi connectivity index (χ0v) is 23.0. The summed E-state index contributed by atoms with van der Waals surface area (Å²) in [6, 6.07) is 3.60. The van der Waals surface area contributed by atoms with E-state index < -0.39 is 0 Å². The normalized spacial score (nSPS) is 11.4. The van der Waals surface area contributed by atoms with Crippen LogP contribution in [0.3, 0.4) is 0 Å². The van der Waals surface area contributed by atoms with E-state index in [9.17, 15) is 10.2 Å². The largest absolute Gasteiger partial charge is 0.508 e. The molecule has 0 unspecified atom stereocenters. The maximum absolute atomic E-state index is 9.80. The summed E-state index contributed by atoms with van der Waals surface area (Å²) in [6.07, 6.45) is 33.4. The van der Waals surface area contributed by atoms with E-state index in [0.717, 1.165) is 18.4 Å². The molecular weight excluding hydrogens is 416 g/mol. The predicted octanol–water partition coefficient (Wildman–Crippen LogP) is 10.9. The molecule has 0 atom stereocenters. The molecule has 1 rings (SSSR count). The lowest BCUT2D eigenvalue weighted by atomic mass is 10.0. The Kier molecular flexibility index (Phi) is 20.2. The Labute approximate surface area is 213 Å². The van der Waals surface area contributed by atoms with Gasteiger partial charge in [-0.05, 0) is 37.5 Å². The van der Waals surface area contributed by atoms with Crippen LogP contribution in [-0.2, 0) is 6.42 Å². The topological polar surface area (TPSA) is 40.5 Å². The van der Waals surface area contributed by atoms with E-state index in [-0.39, 0.29) is 11.5 Å². The molecule has 0 amide bonds. The molecule has 0 aliphatic carbocycles. The van der Waals surface area contributed by atoms with Gasteiger partial charge in [0.05, 0.1) is 0 Å². The van der Waals surface area contributed by atoms with Gasteiger partial charge < -0.3 is 10.2 Å². The van der Waals surface area contributed by atoms with E-state index in [1.165, 1.54) is 141 Å². The number of hydrogen-bond acceptors (Lipinski definition) is 2. The average molecular weight is 475 g/mol. The van der Waals surface area contributed by atoms with Crippen LogP contribution in [0.25, 0.3) is 0 Å². The van der Waals surface area contributed by atoms with Crippen LogP contribution < -0.4 is 0 Å². The smallest absolute Gasteiger partial charge is 0.122 e. The Hall–Kier alpha value is -1.18. The van der Waals surface area contributed by atoms with Crippen LogP contribution >= 0.6 is 0 Å². The van der Waals surface area contributed by atoms with Gasteiger partial charge in [-0.15, -0.1) is 0 Å². The second-order valence-electron chi connectivity index (χ2n) is 10.8. The van der Waals surface area contributed by atoms with Gasteiger partial charge in [0, 0.05) is 5.56 Å². The maximum Gasteiger partial charge on any atom is 0.122 e. The van der Waals surface area contributed by atoms with Gasteiger partial charge >= 0.3 is 0 Å². The molecule has 0 aliphatic heterocycles. The van der Waals surface area contributed by atoms with Crippen molar-refractivity contribution >= 4 is 0 Å². The molecule has 34 heavy (non-hydrogen) atoms. The van der Waals surface area contributed by atoms with Gasteiger partial charge in [0.2, 0.25) is 0 Å². The summed E-state index contributed by atoms with van der Waals surface area (Å²) in [5.74, 6) is 0.424. The highest BCUT2D eigenvalue weighted by atomic mass is 16.3. The average Bonchev–Trinajstić information content (AvgIpc) is 2.83. The lowest BCUT2D eigenvalue weighted by molar-refractivity contribution is 0.441. The summed E-state index contributed by atoms with van der Waals surface area (Å²) < 4.78 is 0. The summed E-state index contributed by atoms with van der Waals surface area (Å²) in [4.78, 5) is 0. The van der Waals surface area contributed by atoms with Crippen LogP contribution in [0.15, 0.2) is 12.1 Å². The Bertz CT molecular complexity index is 557. The first-order chi connectivity index (χ1) is 16.6. The highest BCUT2D eigenvalue weighted by Crippen LogP contribution is 2.28. The molecule has 1 aromatic carbocycles. The molecule has 0 saturated heterocycles. The molecule has 198 valence electrons. The minimum Gasteiger partial charge on any atom is -0.508 e. The van der Waals surface area contributed by atoms with E-state index in [1.54, 1.807) is 19.1 Å². The molecule has 0 heterocycles. The first kappa shape index (κ1) is 30.9. The van der Waals surface area contributed by atoms with Crippen LogP contribution in [0.5, 0.6) is 11.5 Å². The van der Waals surface area contributed by atoms with Gasteiger partial charge in [0.1, 0.15) is 11.5 Å². The molecule has 0 fully saturated rings. The number of hydrogen-bond donors (Lipinski definition) is 2. The Morgan fingerprint density at radius 1 is 0.441 bits per heavy atom. The lowest BCUT2D eigenvalue weighted by Gasteiger charge is -2.07. The third-order valence-electron chi connectivity index (χ3n) is 7.48. The van der Waals surface area contributed by atoms with E-state index >= 15 is 0 Å². The number of phenols is 2. The van der Waals surface area contributed by atoms with Crippen LogP contribution in [-0.4, -0.2) is 10.2 Å². The molecule has 0 aliphatic rings. The number of rotatable bonds is 24. The molecule has 2 N–H and O–H groups in total. The Balaban J connectivity index is 1.74. The van der Waals surface area contributed by atoms with Crippen molar-refractivity contribution in [3.8, 4) is 11.5 Å². The van der Waals surface area contributed by atoms with E-state index in [0.29, 0.717) is 5.56 Å². The van der Waals surface area contributed by atoms with Crippen molar-refractivity contribution in [1.29, 1.82) is 0 Å². The van der Waals surface area contributed by atoms with Crippen molar-refractivity contribution < 1.29 is 10.2 Å². The van der Waals surface area contributed by atoms with Gasteiger partial charge in [-0.2, -0.15) is 0 Å². The van der Waals surface area contributed by atoms with E-state index in [4.69, 9.17) is 0 Å². The minimum absolute atomic E-state index is 0.212. The summed E-state index contributed by atoms with van der Waals surface area (Å²) in [5.41, 5.74) is 1.62. The summed E-state index contributed by atoms with van der Waals surface area (Å²) in [7, 11) is 0. The van der Waals surface area contributed by atoms with Crippen LogP contribution in [0.2, 0.25) is 0 Å². The highest BCUT2D eigenvalue weighted by Gasteiger charge is 2.05. The summed E-state index contributed by atoms with van der Waals surface area (Å²) >= 11 is 0. The molecule has 2 nitrogen and oxygen atoms in total. The molecule has 0 bridgehead atoms. The van der Waals surface area contributed by atoms with Crippen LogP contribution in [0.1, 0.15) is 166 Å². The molecular formula is C32H58O2. The fraction of sp³-hybridized carbons (Fsp3) is 0.812. The van der Waals surface area contributed by atoms with Crippen molar-refractivity contribution in [3.63, 3.8) is 0 Å². The molecule has 2 heteroatoms. The second kappa shape index (κ2) is 22.3. The number of unbranched alkanes of at least 4 members (excludes halogenated alkanes) is 22. The van der Waals surface area contributed by atoms with E-state index in [1.807, 2.05) is 0 Å². The van der Waals surface area contributed by atoms with Crippen LogP contribution in [0, 0.1) is 6.92 Å². The number of aromatic hydroxyl groups is 2. The Morgan fingerprint density at radius 2 is 0.706 bits per heavy atom. The molecule has 0 spiro atoms. The second-order valence-corrected chi connectivity index (χ2v) is 10.8. The van der Waals surface area contributed by atoms with Crippen molar-refractivity contribution in [2.45, 2.75) is 168 Å². The highest BCUT2D eigenvalue weighted by molar-refractivity contribution is 5.45. The third-order valence-corrected chi connectivity index (χ3v) is 7.48.